The molecule has 0 unspecified atom stereocenters. The Hall–Kier alpha value is -3.75. The van der Waals surface area contributed by atoms with Gasteiger partial charge in [0.05, 0.1) is 19.0 Å². The number of rotatable bonds is 6. The fraction of sp³-hybridized carbons (Fsp3) is 0.211. The number of nitrogens with one attached hydrogen (secondary N) is 1. The smallest absolute Gasteiger partial charge is 0.278 e. The summed E-state index contributed by atoms with van der Waals surface area (Å²) in [5.74, 6) is -0.204. The molecule has 1 heterocycles. The minimum Gasteiger partial charge on any atom is -0.497 e. The third-order valence-corrected chi connectivity index (χ3v) is 4.07. The van der Waals surface area contributed by atoms with Gasteiger partial charge in [-0.15, -0.1) is 5.10 Å². The maximum absolute atomic E-state index is 12.4. The summed E-state index contributed by atoms with van der Waals surface area (Å²) in [6.45, 7) is -0.481. The number of hydrogen-bond donors (Lipinski definition) is 1. The van der Waals surface area contributed by atoms with E-state index < -0.39 is 11.5 Å². The van der Waals surface area contributed by atoms with E-state index in [1.807, 2.05) is 0 Å². The first-order valence-corrected chi connectivity index (χ1v) is 8.48. The maximum atomic E-state index is 12.4. The van der Waals surface area contributed by atoms with E-state index in [0.29, 0.717) is 22.3 Å². The second-order valence-corrected chi connectivity index (χ2v) is 6.10. The number of amides is 2. The lowest BCUT2D eigenvalue weighted by Gasteiger charge is -2.17. The van der Waals surface area contributed by atoms with E-state index in [9.17, 15) is 14.4 Å². The molecule has 0 atom stereocenters. The molecule has 0 bridgehead atoms. The summed E-state index contributed by atoms with van der Waals surface area (Å²) in [6.07, 6.45) is 0. The van der Waals surface area contributed by atoms with Gasteiger partial charge in [0.1, 0.15) is 17.8 Å². The average Bonchev–Trinajstić information content (AvgIpc) is 2.70. The molecule has 0 fully saturated rings. The van der Waals surface area contributed by atoms with E-state index in [1.165, 1.54) is 19.1 Å². The number of fused-ring (bicyclic) bond motifs is 1. The largest absolute Gasteiger partial charge is 0.497 e. The van der Waals surface area contributed by atoms with Crippen LogP contribution in [0.4, 0.5) is 5.69 Å². The van der Waals surface area contributed by atoms with Gasteiger partial charge >= 0.3 is 0 Å². The van der Waals surface area contributed by atoms with Crippen LogP contribution in [-0.2, 0) is 16.1 Å². The highest BCUT2D eigenvalue weighted by molar-refractivity contribution is 5.94. The average molecular weight is 381 g/mol. The third kappa shape index (κ3) is 4.32. The third-order valence-electron chi connectivity index (χ3n) is 4.07. The Bertz CT molecular complexity index is 1080. The van der Waals surface area contributed by atoms with Crippen molar-refractivity contribution in [1.29, 1.82) is 0 Å². The van der Waals surface area contributed by atoms with Crippen molar-refractivity contribution in [3.63, 3.8) is 0 Å². The number of hydrogen-bond acceptors (Lipinski definition) is 6. The number of likely N-dealkylation sites (N-methyl/N-ethyl adjacent to an activating group) is 1. The SMILES string of the molecule is COc1cccc(NC(=O)CN(C)C(=O)Cn2nnc3ccccc3c2=O)c1. The number of aromatic nitrogens is 3. The van der Waals surface area contributed by atoms with Gasteiger partial charge in [-0.1, -0.05) is 23.4 Å². The lowest BCUT2D eigenvalue weighted by atomic mass is 10.2. The second kappa shape index (κ2) is 8.30. The van der Waals surface area contributed by atoms with Crippen molar-refractivity contribution in [3.05, 3.63) is 58.9 Å². The highest BCUT2D eigenvalue weighted by Gasteiger charge is 2.16. The minimum atomic E-state index is -0.438. The molecule has 1 N–H and O–H groups in total. The summed E-state index contributed by atoms with van der Waals surface area (Å²) >= 11 is 0. The van der Waals surface area contributed by atoms with Crippen molar-refractivity contribution in [1.82, 2.24) is 19.9 Å². The quantitative estimate of drug-likeness (QED) is 0.680. The molecule has 2 amide bonds. The summed E-state index contributed by atoms with van der Waals surface area (Å²) in [6, 6.07) is 13.6. The molecule has 9 nitrogen and oxygen atoms in total. The van der Waals surface area contributed by atoms with Crippen LogP contribution in [0.15, 0.2) is 53.3 Å². The molecule has 9 heteroatoms. The van der Waals surface area contributed by atoms with Crippen LogP contribution in [0.5, 0.6) is 5.75 Å². The summed E-state index contributed by atoms with van der Waals surface area (Å²) in [4.78, 5) is 38.2. The number of ether oxygens (including phenoxy) is 1. The van der Waals surface area contributed by atoms with E-state index >= 15 is 0 Å². The molecule has 28 heavy (non-hydrogen) atoms. The summed E-state index contributed by atoms with van der Waals surface area (Å²) in [5.41, 5.74) is 0.609. The first-order valence-electron chi connectivity index (χ1n) is 8.48. The molecule has 0 aliphatic rings. The van der Waals surface area contributed by atoms with Gasteiger partial charge in [0, 0.05) is 18.8 Å². The molecule has 0 aliphatic heterocycles. The molecule has 3 rings (SSSR count). The monoisotopic (exact) mass is 381 g/mol. The fourth-order valence-corrected chi connectivity index (χ4v) is 2.58. The Balaban J connectivity index is 1.63. The van der Waals surface area contributed by atoms with Crippen molar-refractivity contribution in [3.8, 4) is 5.75 Å². The predicted molar refractivity (Wildman–Crippen MR) is 103 cm³/mol. The van der Waals surface area contributed by atoms with Crippen molar-refractivity contribution >= 4 is 28.4 Å². The van der Waals surface area contributed by atoms with Gasteiger partial charge < -0.3 is 15.0 Å². The van der Waals surface area contributed by atoms with Crippen LogP contribution in [0.3, 0.4) is 0 Å². The first kappa shape index (κ1) is 19.0. The topological polar surface area (TPSA) is 106 Å². The Kier molecular flexibility index (Phi) is 5.64. The van der Waals surface area contributed by atoms with Crippen LogP contribution in [0.1, 0.15) is 0 Å². The Labute approximate surface area is 160 Å². The number of methoxy groups -OCH3 is 1. The Morgan fingerprint density at radius 3 is 2.75 bits per heavy atom. The molecule has 3 aromatic rings. The standard InChI is InChI=1S/C19H19N5O4/c1-23(11-17(25)20-13-6-5-7-14(10-13)28-2)18(26)12-24-19(27)15-8-3-4-9-16(15)21-22-24/h3-10H,11-12H2,1-2H3,(H,20,25). The van der Waals surface area contributed by atoms with E-state index in [1.54, 1.807) is 48.5 Å². The molecule has 0 spiro atoms. The Morgan fingerprint density at radius 2 is 1.96 bits per heavy atom. The first-order chi connectivity index (χ1) is 13.5. The minimum absolute atomic E-state index is 0.175. The molecule has 0 saturated carbocycles. The van der Waals surface area contributed by atoms with Crippen LogP contribution < -0.4 is 15.6 Å². The van der Waals surface area contributed by atoms with Gasteiger partial charge in [0.2, 0.25) is 11.8 Å². The van der Waals surface area contributed by atoms with Crippen molar-refractivity contribution < 1.29 is 14.3 Å². The molecular formula is C19H19N5O4. The number of benzene rings is 2. The number of carbonyl (C=O) groups excluding carboxylic acids is 2. The second-order valence-electron chi connectivity index (χ2n) is 6.10. The Morgan fingerprint density at radius 1 is 1.18 bits per heavy atom. The molecule has 0 aliphatic carbocycles. The van der Waals surface area contributed by atoms with Crippen LogP contribution in [0.25, 0.3) is 10.9 Å². The fourth-order valence-electron chi connectivity index (χ4n) is 2.58. The lowest BCUT2D eigenvalue weighted by molar-refractivity contribution is -0.134. The molecular weight excluding hydrogens is 362 g/mol. The van der Waals surface area contributed by atoms with E-state index in [2.05, 4.69) is 15.6 Å². The number of anilines is 1. The van der Waals surface area contributed by atoms with Crippen molar-refractivity contribution in [2.24, 2.45) is 0 Å². The van der Waals surface area contributed by atoms with Gasteiger partial charge in [-0.05, 0) is 24.3 Å². The highest BCUT2D eigenvalue weighted by atomic mass is 16.5. The molecule has 2 aromatic carbocycles. The summed E-state index contributed by atoms with van der Waals surface area (Å²) < 4.78 is 6.09. The molecule has 144 valence electrons. The summed E-state index contributed by atoms with van der Waals surface area (Å²) in [5, 5.41) is 10.8. The highest BCUT2D eigenvalue weighted by Crippen LogP contribution is 2.16. The van der Waals surface area contributed by atoms with E-state index in [-0.39, 0.29) is 19.0 Å². The maximum Gasteiger partial charge on any atom is 0.278 e. The van der Waals surface area contributed by atoms with Crippen molar-refractivity contribution in [2.75, 3.05) is 26.0 Å². The van der Waals surface area contributed by atoms with Crippen LogP contribution in [0, 0.1) is 0 Å². The van der Waals surface area contributed by atoms with E-state index in [4.69, 9.17) is 4.74 Å². The zero-order valence-electron chi connectivity index (χ0n) is 15.5. The molecule has 0 radical (unpaired) electrons. The van der Waals surface area contributed by atoms with E-state index in [0.717, 1.165) is 4.68 Å². The van der Waals surface area contributed by atoms with Crippen LogP contribution in [-0.4, -0.2) is 52.4 Å². The zero-order chi connectivity index (χ0) is 20.1. The van der Waals surface area contributed by atoms with Crippen LogP contribution in [0.2, 0.25) is 0 Å². The lowest BCUT2D eigenvalue weighted by Crippen LogP contribution is -2.39. The normalized spacial score (nSPS) is 10.5. The van der Waals surface area contributed by atoms with Crippen LogP contribution >= 0.6 is 0 Å². The van der Waals surface area contributed by atoms with Crippen molar-refractivity contribution in [2.45, 2.75) is 6.54 Å². The predicted octanol–water partition coefficient (Wildman–Crippen LogP) is 0.897. The molecule has 1 aromatic heterocycles. The number of nitrogens with zero attached hydrogens (tertiary/aromatic N) is 4. The summed E-state index contributed by atoms with van der Waals surface area (Å²) in [7, 11) is 3.01. The van der Waals surface area contributed by atoms with Gasteiger partial charge in [0.15, 0.2) is 0 Å². The van der Waals surface area contributed by atoms with Gasteiger partial charge in [0.25, 0.3) is 5.56 Å². The molecule has 0 saturated heterocycles. The van der Waals surface area contributed by atoms with Gasteiger partial charge in [-0.3, -0.25) is 14.4 Å². The number of carbonyl (C=O) groups is 2. The van der Waals surface area contributed by atoms with Gasteiger partial charge in [-0.2, -0.15) is 0 Å². The zero-order valence-corrected chi connectivity index (χ0v) is 15.5. The van der Waals surface area contributed by atoms with Gasteiger partial charge in [-0.25, -0.2) is 4.68 Å².